The van der Waals surface area contributed by atoms with Crippen molar-refractivity contribution in [2.75, 3.05) is 13.7 Å². The van der Waals surface area contributed by atoms with Gasteiger partial charge in [0.25, 0.3) is 0 Å². The van der Waals surface area contributed by atoms with E-state index >= 15 is 0 Å². The van der Waals surface area contributed by atoms with Crippen LogP contribution in [0.4, 0.5) is 13.2 Å². The van der Waals surface area contributed by atoms with E-state index in [9.17, 15) is 18.0 Å². The van der Waals surface area contributed by atoms with Crippen LogP contribution in [0.5, 0.6) is 5.75 Å². The Morgan fingerprint density at radius 3 is 2.48 bits per heavy atom. The number of para-hydroxylation sites is 1. The van der Waals surface area contributed by atoms with Gasteiger partial charge in [0.15, 0.2) is 0 Å². The summed E-state index contributed by atoms with van der Waals surface area (Å²) in [5.41, 5.74) is 3.42. The first kappa shape index (κ1) is 15.6. The summed E-state index contributed by atoms with van der Waals surface area (Å²) in [6, 6.07) is 4.91. The molecule has 21 heavy (non-hydrogen) atoms. The van der Waals surface area contributed by atoms with Crippen LogP contribution in [0, 0.1) is 5.92 Å². The van der Waals surface area contributed by atoms with E-state index in [0.29, 0.717) is 0 Å². The molecule has 1 aliphatic rings. The van der Waals surface area contributed by atoms with Gasteiger partial charge in [0, 0.05) is 0 Å². The van der Waals surface area contributed by atoms with E-state index in [0.717, 1.165) is 18.9 Å². The van der Waals surface area contributed by atoms with E-state index < -0.39 is 23.2 Å². The predicted molar refractivity (Wildman–Crippen MR) is 70.6 cm³/mol. The van der Waals surface area contributed by atoms with Crippen molar-refractivity contribution < 1.29 is 22.7 Å². The summed E-state index contributed by atoms with van der Waals surface area (Å²) >= 11 is 0. The van der Waals surface area contributed by atoms with Crippen LogP contribution in [-0.2, 0) is 11.0 Å². The predicted octanol–water partition coefficient (Wildman–Crippen LogP) is 1.94. The van der Waals surface area contributed by atoms with Gasteiger partial charge in [-0.1, -0.05) is 12.1 Å². The number of benzene rings is 1. The third-order valence-electron chi connectivity index (χ3n) is 3.81. The van der Waals surface area contributed by atoms with Crippen LogP contribution in [-0.4, -0.2) is 25.1 Å². The van der Waals surface area contributed by atoms with Crippen molar-refractivity contribution >= 4 is 5.91 Å². The fourth-order valence-electron chi connectivity index (χ4n) is 2.38. The number of rotatable bonds is 6. The smallest absolute Gasteiger partial charge is 0.419 e. The summed E-state index contributed by atoms with van der Waals surface area (Å²) in [5, 5.41) is 2.82. The fourth-order valence-corrected chi connectivity index (χ4v) is 2.38. The van der Waals surface area contributed by atoms with E-state index in [1.54, 1.807) is 7.05 Å². The number of likely N-dealkylation sites (N-methyl/N-ethyl adjacent to an activating group) is 1. The second-order valence-electron chi connectivity index (χ2n) is 5.14. The molecule has 4 nitrogen and oxygen atoms in total. The van der Waals surface area contributed by atoms with Crippen molar-refractivity contribution in [1.82, 2.24) is 5.32 Å². The summed E-state index contributed by atoms with van der Waals surface area (Å²) in [5.74, 6) is -0.915. The largest absolute Gasteiger partial charge is 0.490 e. The lowest BCUT2D eigenvalue weighted by molar-refractivity contribution is -0.139. The minimum absolute atomic E-state index is 0.00181. The Labute approximate surface area is 120 Å². The van der Waals surface area contributed by atoms with Gasteiger partial charge in [-0.05, 0) is 37.9 Å². The number of carbonyl (C=O) groups is 1. The van der Waals surface area contributed by atoms with Gasteiger partial charge in [-0.3, -0.25) is 4.79 Å². The molecule has 0 heterocycles. The lowest BCUT2D eigenvalue weighted by atomic mass is 9.93. The number of alkyl halides is 3. The van der Waals surface area contributed by atoms with Crippen LogP contribution in [0.3, 0.4) is 0 Å². The third kappa shape index (κ3) is 3.12. The SMILES string of the molecule is CNC(COc1ccccc1C(F)(F)F)(C(N)=O)C1CC1. The number of ether oxygens (including phenoxy) is 1. The van der Waals surface area contributed by atoms with Crippen LogP contribution in [0.2, 0.25) is 0 Å². The van der Waals surface area contributed by atoms with E-state index in [1.165, 1.54) is 18.2 Å². The summed E-state index contributed by atoms with van der Waals surface area (Å²) in [6.45, 7) is -0.226. The second kappa shape index (κ2) is 5.55. The number of nitrogens with two attached hydrogens (primary N) is 1. The zero-order valence-corrected chi connectivity index (χ0v) is 11.5. The van der Waals surface area contributed by atoms with Crippen molar-refractivity contribution in [3.8, 4) is 5.75 Å². The van der Waals surface area contributed by atoms with E-state index in [2.05, 4.69) is 5.32 Å². The summed E-state index contributed by atoms with van der Waals surface area (Å²) in [4.78, 5) is 11.7. The number of halogens is 3. The third-order valence-corrected chi connectivity index (χ3v) is 3.81. The van der Waals surface area contributed by atoms with Gasteiger partial charge in [0.1, 0.15) is 17.9 Å². The van der Waals surface area contributed by atoms with Crippen LogP contribution in [0.25, 0.3) is 0 Å². The molecule has 2 rings (SSSR count). The first-order valence-electron chi connectivity index (χ1n) is 6.59. The molecular weight excluding hydrogens is 285 g/mol. The van der Waals surface area contributed by atoms with Crippen LogP contribution >= 0.6 is 0 Å². The minimum Gasteiger partial charge on any atom is -0.490 e. The molecule has 1 aliphatic carbocycles. The summed E-state index contributed by atoms with van der Waals surface area (Å²) in [7, 11) is 1.56. The number of hydrogen-bond acceptors (Lipinski definition) is 3. The Morgan fingerprint density at radius 2 is 2.00 bits per heavy atom. The topological polar surface area (TPSA) is 64.3 Å². The van der Waals surface area contributed by atoms with Gasteiger partial charge >= 0.3 is 6.18 Å². The Balaban J connectivity index is 2.21. The fraction of sp³-hybridized carbons (Fsp3) is 0.500. The van der Waals surface area contributed by atoms with Crippen LogP contribution in [0.1, 0.15) is 18.4 Å². The monoisotopic (exact) mass is 302 g/mol. The highest BCUT2D eigenvalue weighted by Crippen LogP contribution is 2.41. The molecule has 0 aliphatic heterocycles. The first-order chi connectivity index (χ1) is 9.81. The molecule has 0 spiro atoms. The molecule has 1 amide bonds. The molecule has 0 bridgehead atoms. The number of carbonyl (C=O) groups excluding carboxylic acids is 1. The number of hydrogen-bond donors (Lipinski definition) is 2. The van der Waals surface area contributed by atoms with Gasteiger partial charge < -0.3 is 15.8 Å². The van der Waals surface area contributed by atoms with E-state index in [1.807, 2.05) is 0 Å². The number of amides is 1. The highest BCUT2D eigenvalue weighted by atomic mass is 19.4. The van der Waals surface area contributed by atoms with Gasteiger partial charge in [-0.25, -0.2) is 0 Å². The Hall–Kier alpha value is -1.76. The maximum atomic E-state index is 12.9. The van der Waals surface area contributed by atoms with E-state index in [4.69, 9.17) is 10.5 Å². The first-order valence-corrected chi connectivity index (χ1v) is 6.59. The number of nitrogens with one attached hydrogen (secondary N) is 1. The molecule has 3 N–H and O–H groups in total. The molecule has 1 aromatic rings. The standard InChI is InChI=1S/C14H17F3N2O2/c1-19-13(12(18)20,9-6-7-9)8-21-11-5-3-2-4-10(11)14(15,16)17/h2-5,9,19H,6-8H2,1H3,(H2,18,20). The molecule has 1 aromatic carbocycles. The zero-order chi connectivity index (χ0) is 15.7. The lowest BCUT2D eigenvalue weighted by Crippen LogP contribution is -2.59. The van der Waals surface area contributed by atoms with Crippen molar-refractivity contribution in [1.29, 1.82) is 0 Å². The molecule has 0 aromatic heterocycles. The maximum absolute atomic E-state index is 12.9. The molecule has 0 radical (unpaired) electrons. The zero-order valence-electron chi connectivity index (χ0n) is 11.5. The minimum atomic E-state index is -4.51. The molecule has 0 saturated heterocycles. The molecule has 7 heteroatoms. The van der Waals surface area contributed by atoms with Crippen LogP contribution < -0.4 is 15.8 Å². The molecular formula is C14H17F3N2O2. The Bertz CT molecular complexity index is 529. The maximum Gasteiger partial charge on any atom is 0.419 e. The van der Waals surface area contributed by atoms with Gasteiger partial charge in [0.2, 0.25) is 5.91 Å². The Morgan fingerprint density at radius 1 is 1.38 bits per heavy atom. The lowest BCUT2D eigenvalue weighted by Gasteiger charge is -2.30. The normalized spacial score (nSPS) is 18.1. The molecule has 1 fully saturated rings. The van der Waals surface area contributed by atoms with Gasteiger partial charge in [0.05, 0.1) is 5.56 Å². The van der Waals surface area contributed by atoms with Gasteiger partial charge in [-0.2, -0.15) is 13.2 Å². The summed E-state index contributed by atoms with van der Waals surface area (Å²) < 4.78 is 44.0. The van der Waals surface area contributed by atoms with Crippen molar-refractivity contribution in [2.45, 2.75) is 24.6 Å². The highest BCUT2D eigenvalue weighted by molar-refractivity contribution is 5.85. The highest BCUT2D eigenvalue weighted by Gasteiger charge is 2.50. The van der Waals surface area contributed by atoms with E-state index in [-0.39, 0.29) is 18.3 Å². The van der Waals surface area contributed by atoms with Crippen molar-refractivity contribution in [3.63, 3.8) is 0 Å². The van der Waals surface area contributed by atoms with Crippen LogP contribution in [0.15, 0.2) is 24.3 Å². The second-order valence-corrected chi connectivity index (χ2v) is 5.14. The molecule has 1 saturated carbocycles. The molecule has 1 unspecified atom stereocenters. The van der Waals surface area contributed by atoms with Gasteiger partial charge in [-0.15, -0.1) is 0 Å². The number of primary amides is 1. The summed E-state index contributed by atoms with van der Waals surface area (Å²) in [6.07, 6.45) is -2.91. The Kier molecular flexibility index (Phi) is 4.13. The molecule has 1 atom stereocenters. The van der Waals surface area contributed by atoms with Crippen molar-refractivity contribution in [3.05, 3.63) is 29.8 Å². The molecule has 116 valence electrons. The van der Waals surface area contributed by atoms with Crippen molar-refractivity contribution in [2.24, 2.45) is 11.7 Å². The average molecular weight is 302 g/mol. The quantitative estimate of drug-likeness (QED) is 0.844. The average Bonchev–Trinajstić information content (AvgIpc) is 3.24.